The molecule has 2 rings (SSSR count). The molecule has 1 atom stereocenters. The average Bonchev–Trinajstić information content (AvgIpc) is 2.66. The molecule has 4 nitrogen and oxygen atoms in total. The van der Waals surface area contributed by atoms with Crippen molar-refractivity contribution in [1.82, 2.24) is 5.32 Å². The van der Waals surface area contributed by atoms with Gasteiger partial charge in [0.2, 0.25) is 0 Å². The van der Waals surface area contributed by atoms with Gasteiger partial charge in [-0.15, -0.1) is 0 Å². The predicted molar refractivity (Wildman–Crippen MR) is 43.5 cm³/mol. The van der Waals surface area contributed by atoms with Crippen molar-refractivity contribution >= 4 is 5.84 Å². The highest BCUT2D eigenvalue weighted by atomic mass is 15.3. The standard InChI is InChI=1S/C7H12N4/c8-6-3-4-10-7(9,11-6)5-1-2-5/h3-5,10H,1-2,9H2,(H2,8,11). The predicted octanol–water partition coefficient (Wildman–Crippen LogP) is -0.517. The van der Waals surface area contributed by atoms with Crippen LogP contribution in [0.1, 0.15) is 12.8 Å². The van der Waals surface area contributed by atoms with Gasteiger partial charge in [0, 0.05) is 12.1 Å². The minimum Gasteiger partial charge on any atom is -0.384 e. The van der Waals surface area contributed by atoms with Crippen LogP contribution in [-0.2, 0) is 0 Å². The lowest BCUT2D eigenvalue weighted by molar-refractivity contribution is 0.341. The SMILES string of the molecule is NC1=NC(N)(C2CC2)NC=C1. The molecule has 0 aromatic carbocycles. The van der Waals surface area contributed by atoms with Crippen molar-refractivity contribution in [2.24, 2.45) is 22.4 Å². The molecule has 0 amide bonds. The van der Waals surface area contributed by atoms with Crippen molar-refractivity contribution in [2.75, 3.05) is 0 Å². The summed E-state index contributed by atoms with van der Waals surface area (Å²) in [5.74, 6) is 0.364. The highest BCUT2D eigenvalue weighted by Gasteiger charge is 2.42. The minimum atomic E-state index is -0.612. The van der Waals surface area contributed by atoms with Crippen molar-refractivity contribution in [3.05, 3.63) is 12.3 Å². The molecule has 1 unspecified atom stereocenters. The largest absolute Gasteiger partial charge is 0.384 e. The Bertz CT molecular complexity index is 229. The van der Waals surface area contributed by atoms with Crippen molar-refractivity contribution in [2.45, 2.75) is 18.6 Å². The van der Waals surface area contributed by atoms with E-state index in [-0.39, 0.29) is 0 Å². The van der Waals surface area contributed by atoms with Crippen molar-refractivity contribution < 1.29 is 0 Å². The summed E-state index contributed by atoms with van der Waals surface area (Å²) in [7, 11) is 0. The first-order valence-electron chi connectivity index (χ1n) is 3.79. The first-order chi connectivity index (χ1) is 5.21. The van der Waals surface area contributed by atoms with Gasteiger partial charge in [-0.3, -0.25) is 5.73 Å². The van der Waals surface area contributed by atoms with Gasteiger partial charge in [-0.05, 0) is 18.9 Å². The van der Waals surface area contributed by atoms with Crippen molar-refractivity contribution in [1.29, 1.82) is 0 Å². The lowest BCUT2D eigenvalue weighted by atomic mass is 10.2. The Morgan fingerprint density at radius 3 is 2.91 bits per heavy atom. The highest BCUT2D eigenvalue weighted by Crippen LogP contribution is 2.38. The smallest absolute Gasteiger partial charge is 0.186 e. The molecule has 1 saturated carbocycles. The summed E-state index contributed by atoms with van der Waals surface area (Å²) < 4.78 is 0. The monoisotopic (exact) mass is 152 g/mol. The third-order valence-corrected chi connectivity index (χ3v) is 2.08. The Labute approximate surface area is 65.4 Å². The molecule has 1 aliphatic carbocycles. The van der Waals surface area contributed by atoms with Gasteiger partial charge in [0.1, 0.15) is 5.84 Å². The second-order valence-corrected chi connectivity index (χ2v) is 3.11. The molecule has 0 spiro atoms. The summed E-state index contributed by atoms with van der Waals surface area (Å²) in [6.45, 7) is 0. The number of hydrogen-bond acceptors (Lipinski definition) is 4. The molecule has 1 aliphatic heterocycles. The van der Waals surface area contributed by atoms with E-state index in [2.05, 4.69) is 10.3 Å². The topological polar surface area (TPSA) is 76.4 Å². The summed E-state index contributed by atoms with van der Waals surface area (Å²) in [6, 6.07) is 0. The van der Waals surface area contributed by atoms with Crippen molar-refractivity contribution in [3.63, 3.8) is 0 Å². The number of nitrogens with zero attached hydrogens (tertiary/aromatic N) is 1. The first-order valence-corrected chi connectivity index (χ1v) is 3.79. The highest BCUT2D eigenvalue weighted by molar-refractivity contribution is 5.92. The molecule has 1 heterocycles. The van der Waals surface area contributed by atoms with E-state index < -0.39 is 5.79 Å². The zero-order chi connectivity index (χ0) is 7.90. The van der Waals surface area contributed by atoms with Crippen LogP contribution in [0.25, 0.3) is 0 Å². The molecule has 0 saturated heterocycles. The van der Waals surface area contributed by atoms with Crippen molar-refractivity contribution in [3.8, 4) is 0 Å². The fraction of sp³-hybridized carbons (Fsp3) is 0.571. The summed E-state index contributed by atoms with van der Waals surface area (Å²) in [6.07, 6.45) is 5.77. The van der Waals surface area contributed by atoms with Crippen LogP contribution in [0.4, 0.5) is 0 Å². The van der Waals surface area contributed by atoms with Gasteiger partial charge in [-0.1, -0.05) is 0 Å². The minimum absolute atomic E-state index is 0.464. The van der Waals surface area contributed by atoms with E-state index >= 15 is 0 Å². The van der Waals surface area contributed by atoms with Crippen LogP contribution in [0.15, 0.2) is 17.3 Å². The summed E-state index contributed by atoms with van der Waals surface area (Å²) in [5.41, 5.74) is 11.4. The Kier molecular flexibility index (Phi) is 1.20. The quantitative estimate of drug-likeness (QED) is 0.473. The molecule has 0 aromatic heterocycles. The van der Waals surface area contributed by atoms with Gasteiger partial charge in [-0.25, -0.2) is 4.99 Å². The summed E-state index contributed by atoms with van der Waals surface area (Å²) in [4.78, 5) is 4.15. The molecule has 11 heavy (non-hydrogen) atoms. The lowest BCUT2D eigenvalue weighted by Crippen LogP contribution is -2.54. The van der Waals surface area contributed by atoms with E-state index in [4.69, 9.17) is 11.5 Å². The lowest BCUT2D eigenvalue weighted by Gasteiger charge is -2.28. The van der Waals surface area contributed by atoms with Crippen LogP contribution in [-0.4, -0.2) is 11.6 Å². The number of nitrogens with two attached hydrogens (primary N) is 2. The Morgan fingerprint density at radius 2 is 2.36 bits per heavy atom. The second-order valence-electron chi connectivity index (χ2n) is 3.11. The third-order valence-electron chi connectivity index (χ3n) is 2.08. The second kappa shape index (κ2) is 1.98. The van der Waals surface area contributed by atoms with Gasteiger partial charge < -0.3 is 11.1 Å². The van der Waals surface area contributed by atoms with E-state index in [0.29, 0.717) is 11.8 Å². The molecule has 4 heteroatoms. The fourth-order valence-corrected chi connectivity index (χ4v) is 1.28. The van der Waals surface area contributed by atoms with E-state index in [0.717, 1.165) is 12.8 Å². The van der Waals surface area contributed by atoms with E-state index in [1.54, 1.807) is 12.3 Å². The molecular formula is C7H12N4. The zero-order valence-electron chi connectivity index (χ0n) is 6.25. The van der Waals surface area contributed by atoms with E-state index in [1.807, 2.05) is 0 Å². The Hall–Kier alpha value is -1.03. The van der Waals surface area contributed by atoms with Crippen LogP contribution in [0.5, 0.6) is 0 Å². The molecule has 2 aliphatic rings. The first kappa shape index (κ1) is 6.67. The van der Waals surface area contributed by atoms with E-state index in [9.17, 15) is 0 Å². The van der Waals surface area contributed by atoms with E-state index in [1.165, 1.54) is 0 Å². The number of rotatable bonds is 1. The molecule has 0 bridgehead atoms. The third kappa shape index (κ3) is 1.09. The molecule has 0 aromatic rings. The van der Waals surface area contributed by atoms with Gasteiger partial charge in [0.05, 0.1) is 0 Å². The summed E-state index contributed by atoms with van der Waals surface area (Å²) in [5, 5.41) is 3.02. The van der Waals surface area contributed by atoms with Crippen LogP contribution in [0.3, 0.4) is 0 Å². The van der Waals surface area contributed by atoms with Crippen LogP contribution < -0.4 is 16.8 Å². The average molecular weight is 152 g/mol. The van der Waals surface area contributed by atoms with Gasteiger partial charge in [0.15, 0.2) is 5.79 Å². The molecular weight excluding hydrogens is 140 g/mol. The van der Waals surface area contributed by atoms with Crippen LogP contribution in [0.2, 0.25) is 0 Å². The van der Waals surface area contributed by atoms with Crippen LogP contribution >= 0.6 is 0 Å². The number of nitrogens with one attached hydrogen (secondary N) is 1. The molecule has 1 fully saturated rings. The normalized spacial score (nSPS) is 36.3. The number of amidine groups is 1. The van der Waals surface area contributed by atoms with Gasteiger partial charge in [0.25, 0.3) is 0 Å². The maximum Gasteiger partial charge on any atom is 0.186 e. The Balaban J connectivity index is 2.20. The number of hydrogen-bond donors (Lipinski definition) is 3. The summed E-state index contributed by atoms with van der Waals surface area (Å²) >= 11 is 0. The van der Waals surface area contributed by atoms with Gasteiger partial charge >= 0.3 is 0 Å². The van der Waals surface area contributed by atoms with Crippen LogP contribution in [0, 0.1) is 5.92 Å². The number of aliphatic imine (C=N–C) groups is 1. The zero-order valence-corrected chi connectivity index (χ0v) is 6.25. The molecule has 60 valence electrons. The maximum atomic E-state index is 5.92. The fourth-order valence-electron chi connectivity index (χ4n) is 1.28. The Morgan fingerprint density at radius 1 is 1.64 bits per heavy atom. The van der Waals surface area contributed by atoms with Gasteiger partial charge in [-0.2, -0.15) is 0 Å². The molecule has 0 radical (unpaired) electrons. The maximum absolute atomic E-state index is 5.92. The molecule has 5 N–H and O–H groups in total.